The van der Waals surface area contributed by atoms with Gasteiger partial charge in [-0.2, -0.15) is 46.5 Å². The van der Waals surface area contributed by atoms with E-state index < -0.39 is 0 Å². The molecule has 0 saturated carbocycles. The van der Waals surface area contributed by atoms with Crippen LogP contribution in [0.2, 0.25) is 6.04 Å². The maximum absolute atomic E-state index is 5.63. The maximum atomic E-state index is 5.63. The van der Waals surface area contributed by atoms with Gasteiger partial charge in [0.1, 0.15) is 0 Å². The van der Waals surface area contributed by atoms with Gasteiger partial charge in [0.2, 0.25) is 0 Å². The first kappa shape index (κ1) is 26.5. The Kier molecular flexibility index (Phi) is 19.7. The van der Waals surface area contributed by atoms with Gasteiger partial charge in [0.15, 0.2) is 0 Å². The van der Waals surface area contributed by atoms with Gasteiger partial charge in [0.25, 0.3) is 0 Å². The molecule has 0 aromatic heterocycles. The van der Waals surface area contributed by atoms with Crippen LogP contribution in [0.1, 0.15) is 29.2 Å². The molecule has 0 unspecified atom stereocenters. The first-order valence-corrected chi connectivity index (χ1v) is 14.6. The van der Waals surface area contributed by atoms with Gasteiger partial charge in [0, 0.05) is 0 Å². The van der Waals surface area contributed by atoms with Crippen LogP contribution in [-0.2, 0) is 23.0 Å². The Morgan fingerprint density at radius 2 is 1.62 bits per heavy atom. The fourth-order valence-electron chi connectivity index (χ4n) is 1.45. The van der Waals surface area contributed by atoms with E-state index in [0.29, 0.717) is 0 Å². The van der Waals surface area contributed by atoms with Crippen molar-refractivity contribution in [2.24, 2.45) is 0 Å². The van der Waals surface area contributed by atoms with Crippen LogP contribution in [0.25, 0.3) is 0 Å². The van der Waals surface area contributed by atoms with Crippen molar-refractivity contribution in [3.05, 3.63) is 58.7 Å². The molecule has 21 heavy (non-hydrogen) atoms. The molecule has 0 N–H and O–H groups in total. The van der Waals surface area contributed by atoms with Gasteiger partial charge in [-0.25, -0.2) is 12.1 Å². The third-order valence-electron chi connectivity index (χ3n) is 3.04. The molecule has 118 valence electrons. The summed E-state index contributed by atoms with van der Waals surface area (Å²) in [7, 11) is 0. The van der Waals surface area contributed by atoms with Crippen molar-refractivity contribution < 1.29 is 47.8 Å². The van der Waals surface area contributed by atoms with Gasteiger partial charge in [-0.15, -0.1) is 0 Å². The Balaban J connectivity index is -0.000000236. The number of rotatable bonds is 1. The summed E-state index contributed by atoms with van der Waals surface area (Å²) in [4.78, 5) is -0.263. The van der Waals surface area contributed by atoms with Crippen molar-refractivity contribution in [1.29, 1.82) is 0 Å². The van der Waals surface area contributed by atoms with E-state index in [1.54, 1.807) is 0 Å². The summed E-state index contributed by atoms with van der Waals surface area (Å²) in [5.74, 6) is 0. The zero-order chi connectivity index (χ0) is 14.8. The van der Waals surface area contributed by atoms with Crippen LogP contribution >= 0.6 is 11.1 Å². The summed E-state index contributed by atoms with van der Waals surface area (Å²) in [5.41, 5.74) is 5.75. The molecule has 5 heteroatoms. The molecule has 0 aliphatic heterocycles. The molecule has 0 spiro atoms. The SMILES string of the molecule is CC[Si](Cl)=[Hf+2].Cc1c[c-](C)c(C)c1C.[Cl-].[Cl-].c1cc[cH-]c1. The van der Waals surface area contributed by atoms with Crippen molar-refractivity contribution in [2.45, 2.75) is 40.7 Å². The number of aryl methyl sites for hydroxylation is 2. The molecule has 0 aliphatic carbocycles. The number of halogens is 3. The molecule has 0 heterocycles. The molecule has 2 rings (SSSR count). The summed E-state index contributed by atoms with van der Waals surface area (Å²) in [6.45, 7) is 10.8. The van der Waals surface area contributed by atoms with E-state index in [1.165, 1.54) is 51.3 Å². The Morgan fingerprint density at radius 1 is 1.19 bits per heavy atom. The smallest absolute Gasteiger partial charge is 0.0630 e. The monoisotopic (exact) mass is 528 g/mol. The summed E-state index contributed by atoms with van der Waals surface area (Å²) < 4.78 is 0. The maximum Gasteiger partial charge on any atom is -0.0630 e. The average molecular weight is 528 g/mol. The fourth-order valence-corrected chi connectivity index (χ4v) is 1.45. The van der Waals surface area contributed by atoms with E-state index in [9.17, 15) is 0 Å². The topological polar surface area (TPSA) is 0 Å². The Bertz CT molecular complexity index is 436. The standard InChI is InChI=1S/C9H13.C5H5.C2H5ClSi.2ClH.Hf/c1-6-5-7(2)9(4)8(6)3;1-2-4-5-3-1;1-2-4-3;;;/h5H,1-4H3;1-5H;2H2,1H3;2*1H;/q2*-1;;;;+2/p-2. The van der Waals surface area contributed by atoms with E-state index in [1.807, 2.05) is 30.3 Å². The molecular formula is C16H23Cl3HfSi-2. The van der Waals surface area contributed by atoms with Gasteiger partial charge in [-0.3, -0.25) is 0 Å². The first-order chi connectivity index (χ1) is 8.90. The van der Waals surface area contributed by atoms with Crippen molar-refractivity contribution in [3.8, 4) is 0 Å². The largest absolute Gasteiger partial charge is 1.00 e. The molecule has 0 atom stereocenters. The van der Waals surface area contributed by atoms with Crippen molar-refractivity contribution in [2.75, 3.05) is 0 Å². The van der Waals surface area contributed by atoms with Crippen molar-refractivity contribution >= 4 is 15.9 Å². The second kappa shape index (κ2) is 15.5. The van der Waals surface area contributed by atoms with Gasteiger partial charge in [-0.05, 0) is 0 Å². The molecule has 0 aliphatic rings. The summed E-state index contributed by atoms with van der Waals surface area (Å²) in [6, 6.07) is 13.5. The van der Waals surface area contributed by atoms with Gasteiger partial charge < -0.3 is 24.8 Å². The molecule has 0 amide bonds. The first-order valence-electron chi connectivity index (χ1n) is 6.49. The van der Waals surface area contributed by atoms with E-state index in [4.69, 9.17) is 11.1 Å². The Hall–Kier alpha value is 0.657. The van der Waals surface area contributed by atoms with Gasteiger partial charge >= 0.3 is 51.9 Å². The van der Waals surface area contributed by atoms with E-state index in [-0.39, 0.29) is 29.6 Å². The van der Waals surface area contributed by atoms with Crippen LogP contribution in [0.15, 0.2) is 36.4 Å². The van der Waals surface area contributed by atoms with Crippen LogP contribution in [-0.4, -0.2) is 4.80 Å². The van der Waals surface area contributed by atoms with E-state index in [0.717, 1.165) is 0 Å². The molecule has 0 nitrogen and oxygen atoms in total. The normalized spacial score (nSPS) is 8.19. The van der Waals surface area contributed by atoms with Gasteiger partial charge in [0.05, 0.1) is 0 Å². The van der Waals surface area contributed by atoms with Crippen LogP contribution < -0.4 is 24.8 Å². The summed E-state index contributed by atoms with van der Waals surface area (Å²) in [6.07, 6.45) is 0. The molecular weight excluding hydrogens is 505 g/mol. The zero-order valence-electron chi connectivity index (χ0n) is 13.3. The van der Waals surface area contributed by atoms with Crippen molar-refractivity contribution in [3.63, 3.8) is 0 Å². The molecule has 0 fully saturated rings. The second-order valence-electron chi connectivity index (χ2n) is 4.48. The Morgan fingerprint density at radius 3 is 1.71 bits per heavy atom. The number of hydrogen-bond donors (Lipinski definition) is 0. The molecule has 0 saturated heterocycles. The minimum absolute atomic E-state index is 0. The third kappa shape index (κ3) is 12.8. The van der Waals surface area contributed by atoms with Crippen molar-refractivity contribution in [1.82, 2.24) is 0 Å². The van der Waals surface area contributed by atoms with Gasteiger partial charge in [-0.1, -0.05) is 27.7 Å². The molecule has 2 aromatic carbocycles. The molecule has 0 radical (unpaired) electrons. The summed E-state index contributed by atoms with van der Waals surface area (Å²) >= 11 is 6.86. The van der Waals surface area contributed by atoms with E-state index >= 15 is 0 Å². The average Bonchev–Trinajstić information content (AvgIpc) is 3.01. The zero-order valence-corrected chi connectivity index (χ0v) is 20.2. The predicted octanol–water partition coefficient (Wildman–Crippen LogP) is -0.667. The predicted molar refractivity (Wildman–Crippen MR) is 85.1 cm³/mol. The summed E-state index contributed by atoms with van der Waals surface area (Å²) in [5, 5.41) is 0. The number of hydrogen-bond acceptors (Lipinski definition) is 0. The quantitative estimate of drug-likeness (QED) is 0.262. The molecule has 0 bridgehead atoms. The minimum Gasteiger partial charge on any atom is -1.00 e. The van der Waals surface area contributed by atoms with Crippen LogP contribution in [0.3, 0.4) is 0 Å². The van der Waals surface area contributed by atoms with Crippen LogP contribution in [0.4, 0.5) is 0 Å². The molecule has 2 aromatic rings. The Labute approximate surface area is 162 Å². The second-order valence-corrected chi connectivity index (χ2v) is 17.3. The van der Waals surface area contributed by atoms with Crippen LogP contribution in [0, 0.1) is 27.7 Å². The van der Waals surface area contributed by atoms with E-state index in [2.05, 4.69) is 40.7 Å². The van der Waals surface area contributed by atoms with Crippen LogP contribution in [0.5, 0.6) is 0 Å². The third-order valence-corrected chi connectivity index (χ3v) is 8.28. The minimum atomic E-state index is -0.263. The fraction of sp³-hybridized carbons (Fsp3) is 0.375.